The number of rotatable bonds is 4. The van der Waals surface area contributed by atoms with Gasteiger partial charge in [0.15, 0.2) is 11.6 Å². The van der Waals surface area contributed by atoms with Gasteiger partial charge in [0.05, 0.1) is 17.1 Å². The third-order valence-corrected chi connectivity index (χ3v) is 4.43. The van der Waals surface area contributed by atoms with Crippen LogP contribution in [0.3, 0.4) is 0 Å². The molecule has 1 saturated carbocycles. The van der Waals surface area contributed by atoms with Gasteiger partial charge in [0, 0.05) is 23.2 Å². The van der Waals surface area contributed by atoms with Crippen molar-refractivity contribution in [3.05, 3.63) is 52.6 Å². The number of hydrogen-bond acceptors (Lipinski definition) is 5. The van der Waals surface area contributed by atoms with E-state index in [4.69, 9.17) is 0 Å². The van der Waals surface area contributed by atoms with Gasteiger partial charge in [0.2, 0.25) is 0 Å². The molecule has 124 valence electrons. The Balaban J connectivity index is 1.46. The van der Waals surface area contributed by atoms with Crippen LogP contribution in [0.25, 0.3) is 22.0 Å². The van der Waals surface area contributed by atoms with Crippen LogP contribution in [0.2, 0.25) is 0 Å². The summed E-state index contributed by atoms with van der Waals surface area (Å²) in [4.78, 5) is 11.8. The summed E-state index contributed by atoms with van der Waals surface area (Å²) in [7, 11) is 0. The zero-order chi connectivity index (χ0) is 16.8. The Morgan fingerprint density at radius 1 is 1.04 bits per heavy atom. The topological polar surface area (TPSA) is 115 Å². The van der Waals surface area contributed by atoms with Crippen molar-refractivity contribution in [2.24, 2.45) is 0 Å². The van der Waals surface area contributed by atoms with Crippen molar-refractivity contribution in [1.29, 1.82) is 0 Å². The maximum Gasteiger partial charge on any atom is 0.271 e. The van der Waals surface area contributed by atoms with Gasteiger partial charge in [-0.3, -0.25) is 20.1 Å². The minimum atomic E-state index is -0.138. The molecule has 0 amide bonds. The molecule has 4 aromatic rings. The molecule has 8 nitrogen and oxygen atoms in total. The lowest BCUT2D eigenvalue weighted by atomic mass is 10.1. The molecule has 0 unspecified atom stereocenters. The Morgan fingerprint density at radius 2 is 1.96 bits per heavy atom. The highest BCUT2D eigenvalue weighted by Gasteiger charge is 2.25. The predicted molar refractivity (Wildman–Crippen MR) is 93.8 cm³/mol. The molecular weight excluding hydrogens is 318 g/mol. The quantitative estimate of drug-likeness (QED) is 0.458. The lowest BCUT2D eigenvalue weighted by Crippen LogP contribution is -1.98. The highest BCUT2D eigenvalue weighted by molar-refractivity contribution is 5.84. The maximum atomic E-state index is 11.8. The predicted octanol–water partition coefficient (Wildman–Crippen LogP) is 2.66. The molecule has 4 N–H and O–H groups in total. The standard InChI is InChI=1S/C17H15N7O/c25-17-12-5-10(3-4-13(12)20-24-17)11-6-15(22-18-8-11)19-16-7-14(21-23-16)9-1-2-9/h3-9H,1-2H2,(H2,20,24,25)(H2,19,21,22,23). The van der Waals surface area contributed by atoms with Gasteiger partial charge in [-0.2, -0.15) is 10.2 Å². The molecule has 25 heavy (non-hydrogen) atoms. The van der Waals surface area contributed by atoms with Gasteiger partial charge in [0.25, 0.3) is 5.56 Å². The van der Waals surface area contributed by atoms with E-state index in [9.17, 15) is 4.79 Å². The van der Waals surface area contributed by atoms with Crippen molar-refractivity contribution in [3.63, 3.8) is 0 Å². The van der Waals surface area contributed by atoms with Crippen LogP contribution in [0.1, 0.15) is 24.5 Å². The Hall–Kier alpha value is -3.42. The highest BCUT2D eigenvalue weighted by atomic mass is 16.1. The zero-order valence-corrected chi connectivity index (χ0v) is 13.2. The van der Waals surface area contributed by atoms with E-state index in [2.05, 4.69) is 35.9 Å². The van der Waals surface area contributed by atoms with E-state index in [0.29, 0.717) is 17.1 Å². The number of benzene rings is 1. The van der Waals surface area contributed by atoms with Crippen molar-refractivity contribution in [3.8, 4) is 11.1 Å². The van der Waals surface area contributed by atoms with E-state index >= 15 is 0 Å². The van der Waals surface area contributed by atoms with Crippen molar-refractivity contribution >= 4 is 22.5 Å². The summed E-state index contributed by atoms with van der Waals surface area (Å²) in [6, 6.07) is 9.54. The first-order valence-electron chi connectivity index (χ1n) is 8.12. The molecule has 0 bridgehead atoms. The summed E-state index contributed by atoms with van der Waals surface area (Å²) in [5, 5.41) is 24.7. The van der Waals surface area contributed by atoms with Crippen molar-refractivity contribution in [2.75, 3.05) is 5.32 Å². The van der Waals surface area contributed by atoms with E-state index in [0.717, 1.165) is 28.2 Å². The molecular formula is C17H15N7O. The molecule has 5 rings (SSSR count). The van der Waals surface area contributed by atoms with Crippen molar-refractivity contribution in [1.82, 2.24) is 30.6 Å². The molecule has 1 aliphatic rings. The summed E-state index contributed by atoms with van der Waals surface area (Å²) in [6.45, 7) is 0. The molecule has 8 heteroatoms. The smallest absolute Gasteiger partial charge is 0.271 e. The fourth-order valence-corrected chi connectivity index (χ4v) is 2.93. The SMILES string of the molecule is O=c1[nH][nH]c2ccc(-c3cnnc(Nc4cc(C5CC5)[nH]n4)c3)cc12. The first-order valence-corrected chi connectivity index (χ1v) is 8.12. The number of H-pyrrole nitrogens is 3. The van der Waals surface area contributed by atoms with Crippen LogP contribution in [0, 0.1) is 0 Å². The average Bonchev–Trinajstić information content (AvgIpc) is 3.28. The molecule has 1 aliphatic carbocycles. The average molecular weight is 333 g/mol. The Bertz CT molecular complexity index is 1120. The fourth-order valence-electron chi connectivity index (χ4n) is 2.93. The van der Waals surface area contributed by atoms with E-state index in [1.807, 2.05) is 30.3 Å². The molecule has 0 radical (unpaired) electrons. The number of aromatic nitrogens is 6. The molecule has 0 spiro atoms. The Labute approximate surface area is 141 Å². The number of nitrogens with zero attached hydrogens (tertiary/aromatic N) is 3. The van der Waals surface area contributed by atoms with Crippen LogP contribution >= 0.6 is 0 Å². The van der Waals surface area contributed by atoms with Crippen LogP contribution in [0.4, 0.5) is 11.6 Å². The molecule has 1 aromatic carbocycles. The summed E-state index contributed by atoms with van der Waals surface area (Å²) < 4.78 is 0. The van der Waals surface area contributed by atoms with Gasteiger partial charge in [-0.05, 0) is 36.6 Å². The molecule has 1 fully saturated rings. The first-order chi connectivity index (χ1) is 12.3. The van der Waals surface area contributed by atoms with Gasteiger partial charge in [-0.1, -0.05) is 6.07 Å². The monoisotopic (exact) mass is 333 g/mol. The minimum Gasteiger partial charge on any atom is -0.322 e. The van der Waals surface area contributed by atoms with Crippen LogP contribution < -0.4 is 10.9 Å². The van der Waals surface area contributed by atoms with E-state index < -0.39 is 0 Å². The number of fused-ring (bicyclic) bond motifs is 1. The fraction of sp³-hybridized carbons (Fsp3) is 0.176. The lowest BCUT2D eigenvalue weighted by Gasteiger charge is -2.04. The van der Waals surface area contributed by atoms with E-state index in [1.54, 1.807) is 6.20 Å². The molecule has 0 saturated heterocycles. The second-order valence-corrected chi connectivity index (χ2v) is 6.28. The second-order valence-electron chi connectivity index (χ2n) is 6.28. The van der Waals surface area contributed by atoms with Crippen LogP contribution in [-0.2, 0) is 0 Å². The third kappa shape index (κ3) is 2.57. The number of aromatic amines is 3. The van der Waals surface area contributed by atoms with Crippen LogP contribution in [0.5, 0.6) is 0 Å². The molecule has 0 atom stereocenters. The zero-order valence-electron chi connectivity index (χ0n) is 13.2. The Kier molecular flexibility index (Phi) is 2.96. The minimum absolute atomic E-state index is 0.138. The van der Waals surface area contributed by atoms with Crippen LogP contribution in [0.15, 0.2) is 41.3 Å². The van der Waals surface area contributed by atoms with Crippen molar-refractivity contribution in [2.45, 2.75) is 18.8 Å². The summed E-state index contributed by atoms with van der Waals surface area (Å²) in [5.74, 6) is 1.95. The molecule has 3 aromatic heterocycles. The van der Waals surface area contributed by atoms with Gasteiger partial charge in [-0.25, -0.2) is 0 Å². The maximum absolute atomic E-state index is 11.8. The Morgan fingerprint density at radius 3 is 2.84 bits per heavy atom. The number of nitrogens with one attached hydrogen (secondary N) is 4. The molecule has 0 aliphatic heterocycles. The summed E-state index contributed by atoms with van der Waals surface area (Å²) in [6.07, 6.45) is 4.11. The van der Waals surface area contributed by atoms with Crippen molar-refractivity contribution < 1.29 is 0 Å². The van der Waals surface area contributed by atoms with Gasteiger partial charge in [0.1, 0.15) is 0 Å². The second kappa shape index (κ2) is 5.30. The normalized spacial score (nSPS) is 14.1. The van der Waals surface area contributed by atoms with E-state index in [1.165, 1.54) is 12.8 Å². The van der Waals surface area contributed by atoms with E-state index in [-0.39, 0.29) is 5.56 Å². The van der Waals surface area contributed by atoms with Crippen LogP contribution in [-0.4, -0.2) is 30.6 Å². The molecule has 3 heterocycles. The number of anilines is 2. The summed E-state index contributed by atoms with van der Waals surface area (Å²) >= 11 is 0. The van der Waals surface area contributed by atoms with Gasteiger partial charge < -0.3 is 5.32 Å². The highest BCUT2D eigenvalue weighted by Crippen LogP contribution is 2.39. The third-order valence-electron chi connectivity index (χ3n) is 4.43. The largest absolute Gasteiger partial charge is 0.322 e. The van der Waals surface area contributed by atoms with Gasteiger partial charge in [-0.15, -0.1) is 5.10 Å². The lowest BCUT2D eigenvalue weighted by molar-refractivity contribution is 0.964. The number of hydrogen-bond donors (Lipinski definition) is 4. The van der Waals surface area contributed by atoms with Gasteiger partial charge >= 0.3 is 0 Å². The summed E-state index contributed by atoms with van der Waals surface area (Å²) in [5.41, 5.74) is 3.57. The first kappa shape index (κ1) is 14.0.